The highest BCUT2D eigenvalue weighted by Gasteiger charge is 2.35. The van der Waals surface area contributed by atoms with Gasteiger partial charge in [0.1, 0.15) is 11.8 Å². The van der Waals surface area contributed by atoms with Gasteiger partial charge in [0, 0.05) is 11.4 Å². The van der Waals surface area contributed by atoms with E-state index in [0.717, 1.165) is 11.3 Å². The van der Waals surface area contributed by atoms with Crippen LogP contribution >= 0.6 is 23.2 Å². The summed E-state index contributed by atoms with van der Waals surface area (Å²) in [5.41, 5.74) is 2.12. The Morgan fingerprint density at radius 1 is 1.04 bits per heavy atom. The molecule has 2 aromatic carbocycles. The summed E-state index contributed by atoms with van der Waals surface area (Å²) < 4.78 is 5.55. The number of rotatable bonds is 3. The Labute approximate surface area is 160 Å². The zero-order valence-corrected chi connectivity index (χ0v) is 15.1. The zero-order valence-electron chi connectivity index (χ0n) is 13.6. The van der Waals surface area contributed by atoms with Gasteiger partial charge in [-0.3, -0.25) is 4.79 Å². The smallest absolute Gasteiger partial charge is 0.276 e. The molecule has 4 rings (SSSR count). The predicted octanol–water partition coefficient (Wildman–Crippen LogP) is 5.58. The van der Waals surface area contributed by atoms with Crippen LogP contribution in [0, 0.1) is 0 Å². The van der Waals surface area contributed by atoms with Crippen molar-refractivity contribution in [1.29, 1.82) is 0 Å². The number of nitrogens with zero attached hydrogens (tertiary/aromatic N) is 2. The molecule has 1 aliphatic rings. The second kappa shape index (κ2) is 6.98. The Morgan fingerprint density at radius 3 is 2.50 bits per heavy atom. The Bertz CT molecular complexity index is 966. The van der Waals surface area contributed by atoms with Gasteiger partial charge < -0.3 is 4.42 Å². The monoisotopic (exact) mass is 384 g/mol. The van der Waals surface area contributed by atoms with Gasteiger partial charge in [0.2, 0.25) is 0 Å². The van der Waals surface area contributed by atoms with Crippen molar-refractivity contribution in [1.82, 2.24) is 5.01 Å². The standard InChI is InChI=1S/C20H14Cl2N2O2/c21-14-9-7-13(8-10-14)17-12-18(19-6-3-11-26-19)24(23-17)20(25)15-4-1-2-5-16(15)22/h1-11,18H,12H2/t18-/m1/s1. The molecule has 4 nitrogen and oxygen atoms in total. The molecule has 0 saturated heterocycles. The molecule has 2 heterocycles. The summed E-state index contributed by atoms with van der Waals surface area (Å²) in [7, 11) is 0. The average molecular weight is 385 g/mol. The van der Waals surface area contributed by atoms with Crippen LogP contribution in [-0.2, 0) is 0 Å². The Kier molecular flexibility index (Phi) is 4.53. The molecule has 26 heavy (non-hydrogen) atoms. The van der Waals surface area contributed by atoms with E-state index in [1.165, 1.54) is 5.01 Å². The summed E-state index contributed by atoms with van der Waals surface area (Å²) in [6.07, 6.45) is 2.14. The predicted molar refractivity (Wildman–Crippen MR) is 102 cm³/mol. The fourth-order valence-electron chi connectivity index (χ4n) is 2.98. The molecule has 0 spiro atoms. The number of furan rings is 1. The van der Waals surface area contributed by atoms with Gasteiger partial charge in [-0.2, -0.15) is 5.10 Å². The largest absolute Gasteiger partial charge is 0.467 e. The quantitative estimate of drug-likeness (QED) is 0.591. The van der Waals surface area contributed by atoms with E-state index in [9.17, 15) is 4.79 Å². The number of hydrogen-bond donors (Lipinski definition) is 0. The van der Waals surface area contributed by atoms with Crippen LogP contribution in [0.5, 0.6) is 0 Å². The highest BCUT2D eigenvalue weighted by atomic mass is 35.5. The molecule has 0 radical (unpaired) electrons. The van der Waals surface area contributed by atoms with E-state index in [2.05, 4.69) is 5.10 Å². The number of hydrogen-bond acceptors (Lipinski definition) is 3. The summed E-state index contributed by atoms with van der Waals surface area (Å²) in [6, 6.07) is 17.7. The van der Waals surface area contributed by atoms with Crippen molar-refractivity contribution in [3.05, 3.63) is 93.9 Å². The molecular formula is C20H14Cl2N2O2. The molecule has 1 atom stereocenters. The van der Waals surface area contributed by atoms with Crippen molar-refractivity contribution in [3.63, 3.8) is 0 Å². The second-order valence-corrected chi connectivity index (χ2v) is 6.76. The zero-order chi connectivity index (χ0) is 18.1. The first-order chi connectivity index (χ1) is 12.6. The van der Waals surface area contributed by atoms with Gasteiger partial charge in [-0.1, -0.05) is 47.5 Å². The van der Waals surface area contributed by atoms with Crippen LogP contribution < -0.4 is 0 Å². The Morgan fingerprint density at radius 2 is 1.81 bits per heavy atom. The number of carbonyl (C=O) groups is 1. The first-order valence-corrected chi connectivity index (χ1v) is 8.84. The lowest BCUT2D eigenvalue weighted by atomic mass is 10.0. The fraction of sp³-hybridized carbons (Fsp3) is 0.100. The third kappa shape index (κ3) is 3.14. The summed E-state index contributed by atoms with van der Waals surface area (Å²) >= 11 is 12.2. The van der Waals surface area contributed by atoms with E-state index >= 15 is 0 Å². The first-order valence-electron chi connectivity index (χ1n) is 8.08. The van der Waals surface area contributed by atoms with Crippen molar-refractivity contribution in [2.24, 2.45) is 5.10 Å². The van der Waals surface area contributed by atoms with Crippen molar-refractivity contribution < 1.29 is 9.21 Å². The van der Waals surface area contributed by atoms with Crippen LogP contribution in [0.1, 0.15) is 34.1 Å². The topological polar surface area (TPSA) is 45.8 Å². The molecular weight excluding hydrogens is 371 g/mol. The van der Waals surface area contributed by atoms with Gasteiger partial charge in [0.05, 0.1) is 22.6 Å². The van der Waals surface area contributed by atoms with E-state index in [-0.39, 0.29) is 11.9 Å². The van der Waals surface area contributed by atoms with Crippen LogP contribution in [0.2, 0.25) is 10.0 Å². The van der Waals surface area contributed by atoms with Crippen LogP contribution in [-0.4, -0.2) is 16.6 Å². The van der Waals surface area contributed by atoms with Gasteiger partial charge in [0.15, 0.2) is 0 Å². The Balaban J connectivity index is 1.73. The van der Waals surface area contributed by atoms with Gasteiger partial charge in [-0.05, 0) is 42.0 Å². The maximum atomic E-state index is 13.1. The van der Waals surface area contributed by atoms with Gasteiger partial charge in [-0.25, -0.2) is 5.01 Å². The van der Waals surface area contributed by atoms with Crippen molar-refractivity contribution in [2.45, 2.75) is 12.5 Å². The minimum absolute atomic E-state index is 0.263. The van der Waals surface area contributed by atoms with E-state index in [4.69, 9.17) is 27.6 Å². The van der Waals surface area contributed by atoms with Crippen LogP contribution in [0.15, 0.2) is 76.4 Å². The third-order valence-corrected chi connectivity index (χ3v) is 4.85. The summed E-state index contributed by atoms with van der Waals surface area (Å²) in [6.45, 7) is 0. The van der Waals surface area contributed by atoms with Crippen LogP contribution in [0.3, 0.4) is 0 Å². The van der Waals surface area contributed by atoms with Crippen LogP contribution in [0.25, 0.3) is 0 Å². The molecule has 3 aromatic rings. The molecule has 0 fully saturated rings. The highest BCUT2D eigenvalue weighted by molar-refractivity contribution is 6.33. The Hall–Kier alpha value is -2.56. The second-order valence-electron chi connectivity index (χ2n) is 5.92. The van der Waals surface area contributed by atoms with E-state index in [1.807, 2.05) is 18.2 Å². The maximum Gasteiger partial charge on any atom is 0.276 e. The van der Waals surface area contributed by atoms with Crippen molar-refractivity contribution in [3.8, 4) is 0 Å². The van der Waals surface area contributed by atoms with Gasteiger partial charge >= 0.3 is 0 Å². The lowest BCUT2D eigenvalue weighted by Crippen LogP contribution is -2.27. The van der Waals surface area contributed by atoms with Crippen LogP contribution in [0.4, 0.5) is 0 Å². The SMILES string of the molecule is O=C(c1ccccc1Cl)N1N=C(c2ccc(Cl)cc2)C[C@@H]1c1ccco1. The van der Waals surface area contributed by atoms with Crippen molar-refractivity contribution >= 4 is 34.8 Å². The number of benzene rings is 2. The number of carbonyl (C=O) groups excluding carboxylic acids is 1. The first kappa shape index (κ1) is 16.9. The van der Waals surface area contributed by atoms with Gasteiger partial charge in [0.25, 0.3) is 5.91 Å². The lowest BCUT2D eigenvalue weighted by Gasteiger charge is -2.20. The summed E-state index contributed by atoms with van der Waals surface area (Å²) in [5.74, 6) is 0.416. The lowest BCUT2D eigenvalue weighted by molar-refractivity contribution is 0.0693. The number of amides is 1. The maximum absolute atomic E-state index is 13.1. The molecule has 1 aromatic heterocycles. The molecule has 0 N–H and O–H groups in total. The molecule has 130 valence electrons. The van der Waals surface area contributed by atoms with E-state index < -0.39 is 0 Å². The molecule has 1 aliphatic heterocycles. The van der Waals surface area contributed by atoms with E-state index in [1.54, 1.807) is 48.7 Å². The van der Waals surface area contributed by atoms with Crippen molar-refractivity contribution in [2.75, 3.05) is 0 Å². The van der Waals surface area contributed by atoms with Gasteiger partial charge in [-0.15, -0.1) is 0 Å². The number of halogens is 2. The molecule has 0 aliphatic carbocycles. The summed E-state index contributed by atoms with van der Waals surface area (Å²) in [5, 5.41) is 7.08. The summed E-state index contributed by atoms with van der Waals surface area (Å²) in [4.78, 5) is 13.1. The van der Waals surface area contributed by atoms with E-state index in [0.29, 0.717) is 27.8 Å². The molecule has 6 heteroatoms. The molecule has 0 bridgehead atoms. The normalized spacial score (nSPS) is 16.6. The minimum atomic E-state index is -0.320. The average Bonchev–Trinajstić information content (AvgIpc) is 3.32. The minimum Gasteiger partial charge on any atom is -0.467 e. The molecule has 1 amide bonds. The fourth-order valence-corrected chi connectivity index (χ4v) is 3.32. The molecule has 0 unspecified atom stereocenters. The molecule has 0 saturated carbocycles. The highest BCUT2D eigenvalue weighted by Crippen LogP contribution is 2.35. The third-order valence-electron chi connectivity index (χ3n) is 4.27. The number of hydrazone groups is 1.